The highest BCUT2D eigenvalue weighted by molar-refractivity contribution is 7.15. The van der Waals surface area contributed by atoms with Gasteiger partial charge in [-0.05, 0) is 37.1 Å². The van der Waals surface area contributed by atoms with Crippen LogP contribution in [0, 0.1) is 0 Å². The predicted molar refractivity (Wildman–Crippen MR) is 126 cm³/mol. The van der Waals surface area contributed by atoms with Gasteiger partial charge in [-0.1, -0.05) is 12.8 Å². The quantitative estimate of drug-likeness (QED) is 0.766. The first-order valence-corrected chi connectivity index (χ1v) is 13.1. The fraction of sp³-hybridized carbons (Fsp3) is 0.640. The minimum absolute atomic E-state index is 0.377. The summed E-state index contributed by atoms with van der Waals surface area (Å²) in [6, 6.07) is 10.2. The predicted octanol–water partition coefficient (Wildman–Crippen LogP) is 3.93. The maximum Gasteiger partial charge on any atom is 0.123 e. The number of hydrogen-bond acceptors (Lipinski definition) is 6. The Hall–Kier alpha value is -1.47. The topological polar surface area (TPSA) is 40.6 Å². The molecule has 1 aromatic carbocycles. The Morgan fingerprint density at radius 1 is 0.935 bits per heavy atom. The molecule has 31 heavy (non-hydrogen) atoms. The highest BCUT2D eigenvalue weighted by Crippen LogP contribution is 2.34. The molecular weight excluding hydrogens is 404 g/mol. The van der Waals surface area contributed by atoms with Gasteiger partial charge in [-0.15, -0.1) is 11.3 Å². The van der Waals surface area contributed by atoms with Crippen molar-refractivity contribution in [3.8, 4) is 16.3 Å². The molecule has 0 spiro atoms. The van der Waals surface area contributed by atoms with Gasteiger partial charge in [0.2, 0.25) is 0 Å². The average Bonchev–Trinajstić information content (AvgIpc) is 3.47. The van der Waals surface area contributed by atoms with Crippen LogP contribution in [0.5, 0.6) is 5.75 Å². The summed E-state index contributed by atoms with van der Waals surface area (Å²) < 4.78 is 6.28. The minimum atomic E-state index is 0.377. The van der Waals surface area contributed by atoms with Crippen LogP contribution in [0.2, 0.25) is 0 Å². The van der Waals surface area contributed by atoms with Gasteiger partial charge in [0.1, 0.15) is 16.9 Å². The monoisotopic (exact) mass is 438 g/mol. The second-order valence-electron chi connectivity index (χ2n) is 9.72. The fourth-order valence-electron chi connectivity index (χ4n) is 5.79. The highest BCUT2D eigenvalue weighted by atomic mass is 32.1. The standard InChI is InChI=1S/C25H34N4OS/c1-2-4-19(3-1)28-11-13-29(14-12-28)20-15-22(16-20)30-21-7-5-18(6-8-21)25-27-23-9-10-26-17-24(23)31-25/h5-8,19-20,22,26H,1-4,9-17H2/t20-,22-. The van der Waals surface area contributed by atoms with Gasteiger partial charge < -0.3 is 10.1 Å². The molecule has 166 valence electrons. The molecule has 0 amide bonds. The molecule has 4 aliphatic rings. The van der Waals surface area contributed by atoms with Crippen LogP contribution >= 0.6 is 11.3 Å². The molecule has 3 fully saturated rings. The molecular formula is C25H34N4OS. The van der Waals surface area contributed by atoms with Gasteiger partial charge in [0.25, 0.3) is 0 Å². The van der Waals surface area contributed by atoms with E-state index in [0.717, 1.165) is 42.4 Å². The Labute approximate surface area is 189 Å². The lowest BCUT2D eigenvalue weighted by atomic mass is 9.87. The van der Waals surface area contributed by atoms with E-state index in [1.54, 1.807) is 0 Å². The SMILES string of the molecule is c1cc(-c2nc3c(s2)CNCC3)ccc1O[C@H]1C[C@H](N2CCN(C3CCCC3)CC2)C1. The van der Waals surface area contributed by atoms with Crippen LogP contribution in [0.15, 0.2) is 24.3 Å². The Morgan fingerprint density at radius 3 is 2.35 bits per heavy atom. The number of ether oxygens (including phenoxy) is 1. The van der Waals surface area contributed by atoms with Gasteiger partial charge >= 0.3 is 0 Å². The third-order valence-corrected chi connectivity index (χ3v) is 8.93. The fourth-order valence-corrected chi connectivity index (χ4v) is 6.87. The summed E-state index contributed by atoms with van der Waals surface area (Å²) in [5.74, 6) is 1.00. The lowest BCUT2D eigenvalue weighted by molar-refractivity contribution is -0.0120. The van der Waals surface area contributed by atoms with Crippen LogP contribution in [-0.2, 0) is 13.0 Å². The van der Waals surface area contributed by atoms with Crippen LogP contribution in [0.1, 0.15) is 49.1 Å². The number of thiazole rings is 1. The summed E-state index contributed by atoms with van der Waals surface area (Å²) >= 11 is 1.82. The maximum atomic E-state index is 6.28. The van der Waals surface area contributed by atoms with E-state index in [0.29, 0.717) is 6.10 Å². The number of benzene rings is 1. The third kappa shape index (κ3) is 4.28. The first-order chi connectivity index (χ1) is 15.3. The molecule has 0 radical (unpaired) electrons. The number of fused-ring (bicyclic) bond motifs is 1. The number of hydrogen-bond donors (Lipinski definition) is 1. The van der Waals surface area contributed by atoms with Crippen molar-refractivity contribution in [1.82, 2.24) is 20.1 Å². The van der Waals surface area contributed by atoms with Gasteiger partial charge in [0, 0.05) is 81.1 Å². The van der Waals surface area contributed by atoms with Crippen molar-refractivity contribution in [3.63, 3.8) is 0 Å². The highest BCUT2D eigenvalue weighted by Gasteiger charge is 2.37. The molecule has 2 saturated carbocycles. The van der Waals surface area contributed by atoms with E-state index in [-0.39, 0.29) is 0 Å². The van der Waals surface area contributed by atoms with Crippen LogP contribution in [0.3, 0.4) is 0 Å². The normalized spacial score (nSPS) is 27.7. The van der Waals surface area contributed by atoms with Crippen molar-refractivity contribution in [3.05, 3.63) is 34.8 Å². The molecule has 0 bridgehead atoms. The summed E-state index contributed by atoms with van der Waals surface area (Å²) in [5.41, 5.74) is 2.49. The van der Waals surface area contributed by atoms with Gasteiger partial charge in [0.15, 0.2) is 0 Å². The van der Waals surface area contributed by atoms with Crippen molar-refractivity contribution in [1.29, 1.82) is 0 Å². The summed E-state index contributed by atoms with van der Waals surface area (Å²) in [6.07, 6.45) is 9.52. The van der Waals surface area contributed by atoms with Gasteiger partial charge in [-0.3, -0.25) is 9.80 Å². The van der Waals surface area contributed by atoms with E-state index < -0.39 is 0 Å². The van der Waals surface area contributed by atoms with E-state index in [4.69, 9.17) is 9.72 Å². The second-order valence-corrected chi connectivity index (χ2v) is 10.8. The van der Waals surface area contributed by atoms with Crippen molar-refractivity contribution < 1.29 is 4.74 Å². The number of nitrogens with zero attached hydrogens (tertiary/aromatic N) is 3. The largest absolute Gasteiger partial charge is 0.490 e. The molecule has 1 saturated heterocycles. The summed E-state index contributed by atoms with van der Waals surface area (Å²) in [7, 11) is 0. The molecule has 0 atom stereocenters. The average molecular weight is 439 g/mol. The lowest BCUT2D eigenvalue weighted by Crippen LogP contribution is -2.57. The number of piperazine rings is 1. The van der Waals surface area contributed by atoms with Gasteiger partial charge in [0.05, 0.1) is 5.69 Å². The zero-order valence-corrected chi connectivity index (χ0v) is 19.2. The number of nitrogens with one attached hydrogen (secondary N) is 1. The molecule has 0 unspecified atom stereocenters. The maximum absolute atomic E-state index is 6.28. The van der Waals surface area contributed by atoms with Crippen LogP contribution < -0.4 is 10.1 Å². The van der Waals surface area contributed by atoms with Crippen molar-refractivity contribution >= 4 is 11.3 Å². The Morgan fingerprint density at radius 2 is 1.65 bits per heavy atom. The van der Waals surface area contributed by atoms with E-state index in [1.165, 1.54) is 80.8 Å². The molecule has 3 heterocycles. The molecule has 5 nitrogen and oxygen atoms in total. The van der Waals surface area contributed by atoms with Crippen LogP contribution in [0.25, 0.3) is 10.6 Å². The summed E-state index contributed by atoms with van der Waals surface area (Å²) in [4.78, 5) is 11.7. The molecule has 1 aromatic heterocycles. The summed E-state index contributed by atoms with van der Waals surface area (Å²) in [6.45, 7) is 7.04. The smallest absolute Gasteiger partial charge is 0.123 e. The van der Waals surface area contributed by atoms with Crippen LogP contribution in [0.4, 0.5) is 0 Å². The van der Waals surface area contributed by atoms with Crippen molar-refractivity contribution in [2.24, 2.45) is 0 Å². The third-order valence-electron chi connectivity index (χ3n) is 7.78. The molecule has 1 N–H and O–H groups in total. The molecule has 6 heteroatoms. The molecule has 2 aliphatic carbocycles. The van der Waals surface area contributed by atoms with E-state index >= 15 is 0 Å². The summed E-state index contributed by atoms with van der Waals surface area (Å²) in [5, 5.41) is 4.58. The van der Waals surface area contributed by atoms with Crippen LogP contribution in [-0.4, -0.2) is 65.7 Å². The molecule has 2 aliphatic heterocycles. The number of aromatic nitrogens is 1. The Bertz CT molecular complexity index is 854. The van der Waals surface area contributed by atoms with E-state index in [2.05, 4.69) is 39.4 Å². The second kappa shape index (κ2) is 8.81. The first-order valence-electron chi connectivity index (χ1n) is 12.3. The van der Waals surface area contributed by atoms with Gasteiger partial charge in [-0.25, -0.2) is 4.98 Å². The number of rotatable bonds is 5. The van der Waals surface area contributed by atoms with Gasteiger partial charge in [-0.2, -0.15) is 0 Å². The minimum Gasteiger partial charge on any atom is -0.490 e. The zero-order valence-electron chi connectivity index (χ0n) is 18.4. The van der Waals surface area contributed by atoms with Crippen molar-refractivity contribution in [2.45, 2.75) is 69.7 Å². The van der Waals surface area contributed by atoms with E-state index in [9.17, 15) is 0 Å². The first kappa shape index (κ1) is 20.2. The van der Waals surface area contributed by atoms with Crippen molar-refractivity contribution in [2.75, 3.05) is 32.7 Å². The van der Waals surface area contributed by atoms with E-state index in [1.807, 2.05) is 11.3 Å². The molecule has 6 rings (SSSR count). The lowest BCUT2D eigenvalue weighted by Gasteiger charge is -2.47. The Kier molecular flexibility index (Phi) is 5.73. The molecule has 2 aromatic rings. The zero-order chi connectivity index (χ0) is 20.6. The Balaban J connectivity index is 0.979.